The maximum absolute atomic E-state index is 11.7. The molecular formula is C117H138O8S3. The van der Waals surface area contributed by atoms with Crippen molar-refractivity contribution >= 4 is 59.2 Å². The van der Waals surface area contributed by atoms with E-state index in [0.29, 0.717) is 70.6 Å². The lowest BCUT2D eigenvalue weighted by Gasteiger charge is -2.33. The van der Waals surface area contributed by atoms with E-state index in [2.05, 4.69) is 248 Å². The van der Waals surface area contributed by atoms with Gasteiger partial charge in [-0.25, -0.2) is 4.79 Å². The summed E-state index contributed by atoms with van der Waals surface area (Å²) in [5, 5.41) is 0. The maximum atomic E-state index is 11.7. The fourth-order valence-electron chi connectivity index (χ4n) is 10.4. The van der Waals surface area contributed by atoms with Gasteiger partial charge < -0.3 is 28.4 Å². The predicted molar refractivity (Wildman–Crippen MR) is 557 cm³/mol. The van der Waals surface area contributed by atoms with Gasteiger partial charge in [-0.2, -0.15) is 0 Å². The minimum Gasteiger partial charge on any atom is -0.454 e. The molecule has 0 aliphatic heterocycles. The van der Waals surface area contributed by atoms with E-state index in [1.165, 1.54) is 41.8 Å². The van der Waals surface area contributed by atoms with E-state index in [1.54, 1.807) is 109 Å². The molecule has 0 amide bonds. The third-order valence-electron chi connectivity index (χ3n) is 16.1. The zero-order chi connectivity index (χ0) is 93.8. The van der Waals surface area contributed by atoms with Crippen LogP contribution >= 0.6 is 35.3 Å². The van der Waals surface area contributed by atoms with Crippen LogP contribution < -0.4 is 0 Å². The molecule has 0 aliphatic carbocycles. The molecule has 0 heterocycles. The molecule has 0 aliphatic rings. The maximum Gasteiger partial charge on any atom is 0.338 e. The van der Waals surface area contributed by atoms with Crippen LogP contribution in [-0.2, 0) is 79.4 Å². The molecule has 12 aromatic rings. The average Bonchev–Trinajstić information content (AvgIpc) is 0.852. The summed E-state index contributed by atoms with van der Waals surface area (Å²) in [5.74, 6) is 1.25. The smallest absolute Gasteiger partial charge is 0.338 e. The number of ketones is 1. The number of allylic oxidation sites excluding steroid dienone is 8. The number of hydrogen-bond donors (Lipinski definition) is 0. The van der Waals surface area contributed by atoms with Gasteiger partial charge in [0.15, 0.2) is 12.4 Å². The number of Topliss-reactive ketones (excluding diaryl/α,β-unsaturated/α-hetero) is 1. The fraction of sp³-hybridized carbons (Fsp3) is 0.197. The van der Waals surface area contributed by atoms with Gasteiger partial charge in [0.2, 0.25) is 0 Å². The predicted octanol–water partition coefficient (Wildman–Crippen LogP) is 32.3. The third-order valence-corrected chi connectivity index (χ3v) is 19.3. The van der Waals surface area contributed by atoms with E-state index in [-0.39, 0.29) is 12.4 Å². The zero-order valence-corrected chi connectivity index (χ0v) is 79.5. The van der Waals surface area contributed by atoms with Crippen molar-refractivity contribution in [1.82, 2.24) is 0 Å². The van der Waals surface area contributed by atoms with Gasteiger partial charge >= 0.3 is 5.97 Å². The average molecular weight is 1770 g/mol. The van der Waals surface area contributed by atoms with Crippen LogP contribution in [0.25, 0.3) is 12.2 Å². The number of thioether (sulfide) groups is 2. The summed E-state index contributed by atoms with van der Waals surface area (Å²) >= 11 is 5.54. The van der Waals surface area contributed by atoms with Crippen LogP contribution in [0.15, 0.2) is 474 Å². The van der Waals surface area contributed by atoms with E-state index in [4.69, 9.17) is 28.4 Å². The highest BCUT2D eigenvalue weighted by atomic mass is 32.2. The zero-order valence-electron chi connectivity index (χ0n) is 77.1. The van der Waals surface area contributed by atoms with E-state index in [0.717, 1.165) is 57.9 Å². The SMILES string of the molecule is C=CC.C=CC.C=CC.C=CC.C=CC.C=CC.C=CC.C=CC.C=Cc1ccc(CSc2ccc(Sc3ccc(SCc4ccc(C=C)cc4)cc3)cc2)cc1.O=C(COC(=O)c1ccccc1)c1ccccc1.c1ccc(CCOCc2ccccc2)cc1.c1ccc(COCC(COCc2ccccc2)(COCc2ccccc2)COCc2ccccc2)cc1. The summed E-state index contributed by atoms with van der Waals surface area (Å²) in [6.45, 7) is 54.8. The molecule has 128 heavy (non-hydrogen) atoms. The summed E-state index contributed by atoms with van der Waals surface area (Å²) in [5.41, 5.74) is 12.6. The molecule has 0 aromatic heterocycles. The molecule has 8 nitrogen and oxygen atoms in total. The Labute approximate surface area is 783 Å². The summed E-state index contributed by atoms with van der Waals surface area (Å²) in [4.78, 5) is 28.4. The Bertz CT molecular complexity index is 4310. The van der Waals surface area contributed by atoms with Gasteiger partial charge in [-0.3, -0.25) is 4.79 Å². The minimum absolute atomic E-state index is 0.208. The van der Waals surface area contributed by atoms with E-state index in [9.17, 15) is 9.59 Å². The van der Waals surface area contributed by atoms with Gasteiger partial charge in [-0.05, 0) is 178 Å². The lowest BCUT2D eigenvalue weighted by Crippen LogP contribution is -2.41. The van der Waals surface area contributed by atoms with Crippen LogP contribution in [0, 0.1) is 5.41 Å². The molecule has 0 bridgehead atoms. The van der Waals surface area contributed by atoms with E-state index in [1.807, 2.05) is 200 Å². The van der Waals surface area contributed by atoms with Crippen LogP contribution in [0.1, 0.15) is 132 Å². The summed E-state index contributed by atoms with van der Waals surface area (Å²) in [6.07, 6.45) is 18.7. The van der Waals surface area contributed by atoms with Crippen molar-refractivity contribution in [2.75, 3.05) is 39.6 Å². The lowest BCUT2D eigenvalue weighted by molar-refractivity contribution is -0.117. The highest BCUT2D eigenvalue weighted by Crippen LogP contribution is 2.33. The van der Waals surface area contributed by atoms with Gasteiger partial charge in [0.05, 0.1) is 77.0 Å². The minimum atomic E-state index is -0.486. The second kappa shape index (κ2) is 79.7. The first-order valence-corrected chi connectivity index (χ1v) is 45.4. The van der Waals surface area contributed by atoms with Crippen molar-refractivity contribution < 1.29 is 38.0 Å². The number of carbonyl (C=O) groups is 2. The highest BCUT2D eigenvalue weighted by molar-refractivity contribution is 7.99. The number of hydrogen-bond acceptors (Lipinski definition) is 11. The molecule has 0 atom stereocenters. The molecule has 0 radical (unpaired) electrons. The number of rotatable bonds is 35. The standard InChI is InChI=1S/C33H36O4.C30H26S3.C15H12O3.C15H16O.8C3H6/c1-5-13-29(14-6-1)21-34-25-33(26-35-22-30-15-7-2-8-16-30,27-36-23-31-17-9-3-10-18-31)28-37-24-32-19-11-4-12-20-32;1-3-23-5-9-25(10-6-23)21-31-27-13-17-29(18-14-27)33-30-19-15-28(16-20-30)32-22-26-11-7-24(4-2)8-12-26;16-14(12-7-3-1-4-8-12)11-18-15(17)13-9-5-2-6-10-13;1-3-7-14(8-4-1)11-12-16-13-15-9-5-2-6-10-15;8*1-3-2/h1-20H,21-28H2;3-20H,1-2,21-22H2;1-10H,11H2;1-10H,11-13H2;8*3H,1H2,2H3. The molecule has 0 unspecified atom stereocenters. The van der Waals surface area contributed by atoms with Crippen LogP contribution in [0.4, 0.5) is 0 Å². The molecule has 12 rings (SSSR count). The molecule has 12 aromatic carbocycles. The lowest BCUT2D eigenvalue weighted by atomic mass is 9.92. The number of ether oxygens (including phenoxy) is 6. The third kappa shape index (κ3) is 58.3. The van der Waals surface area contributed by atoms with Gasteiger partial charge in [0.25, 0.3) is 0 Å². The van der Waals surface area contributed by atoms with Gasteiger partial charge in [0.1, 0.15) is 0 Å². The highest BCUT2D eigenvalue weighted by Gasteiger charge is 2.33. The Morgan fingerprint density at radius 3 is 0.773 bits per heavy atom. The van der Waals surface area contributed by atoms with E-state index >= 15 is 0 Å². The Morgan fingerprint density at radius 1 is 0.273 bits per heavy atom. The van der Waals surface area contributed by atoms with Crippen molar-refractivity contribution in [2.24, 2.45) is 5.41 Å². The number of carbonyl (C=O) groups excluding carboxylic acids is 2. The molecule has 0 saturated carbocycles. The Hall–Kier alpha value is -12.0. The normalized spacial score (nSPS) is 9.53. The quantitative estimate of drug-likeness (QED) is 0.0125. The molecule has 0 spiro atoms. The largest absolute Gasteiger partial charge is 0.454 e. The molecular weight excluding hydrogens is 1630 g/mol. The van der Waals surface area contributed by atoms with Crippen LogP contribution in [0.5, 0.6) is 0 Å². The first-order chi connectivity index (χ1) is 62.6. The molecule has 0 N–H and O–H groups in total. The topological polar surface area (TPSA) is 89.5 Å². The van der Waals surface area contributed by atoms with Crippen molar-refractivity contribution in [1.29, 1.82) is 0 Å². The monoisotopic (exact) mass is 1770 g/mol. The molecule has 0 fully saturated rings. The molecule has 672 valence electrons. The van der Waals surface area contributed by atoms with Gasteiger partial charge in [-0.15, -0.1) is 76.2 Å². The molecule has 11 heteroatoms. The van der Waals surface area contributed by atoms with E-state index < -0.39 is 11.4 Å². The number of esters is 1. The van der Waals surface area contributed by atoms with Crippen LogP contribution in [0.3, 0.4) is 0 Å². The number of benzene rings is 12. The van der Waals surface area contributed by atoms with Crippen LogP contribution in [-0.4, -0.2) is 51.4 Å². The second-order valence-corrected chi connectivity index (χ2v) is 30.9. The van der Waals surface area contributed by atoms with Crippen molar-refractivity contribution in [3.63, 3.8) is 0 Å². The summed E-state index contributed by atoms with van der Waals surface area (Å²) < 4.78 is 35.6. The van der Waals surface area contributed by atoms with Crippen molar-refractivity contribution in [3.8, 4) is 0 Å². The Balaban J connectivity index is 0.000000813. The van der Waals surface area contributed by atoms with Gasteiger partial charge in [-0.1, -0.05) is 365 Å². The van der Waals surface area contributed by atoms with Gasteiger partial charge in [0, 0.05) is 36.7 Å². The summed E-state index contributed by atoms with van der Waals surface area (Å²) in [6, 6.07) is 114. The first kappa shape index (κ1) is 114. The Morgan fingerprint density at radius 2 is 0.508 bits per heavy atom. The first-order valence-electron chi connectivity index (χ1n) is 42.6. The van der Waals surface area contributed by atoms with Crippen LogP contribution in [0.2, 0.25) is 0 Å². The second-order valence-electron chi connectivity index (χ2n) is 27.7. The Kier molecular flexibility index (Phi) is 71.0. The molecule has 0 saturated heterocycles. The van der Waals surface area contributed by atoms with Crippen molar-refractivity contribution in [2.45, 2.75) is 126 Å². The fourth-order valence-corrected chi connectivity index (χ4v) is 12.9. The summed E-state index contributed by atoms with van der Waals surface area (Å²) in [7, 11) is 0. The van der Waals surface area contributed by atoms with Crippen molar-refractivity contribution in [3.05, 3.63) is 521 Å².